The van der Waals surface area contributed by atoms with E-state index in [1.807, 2.05) is 31.2 Å². The van der Waals surface area contributed by atoms with Crippen molar-refractivity contribution < 1.29 is 9.18 Å². The third kappa shape index (κ3) is 3.14. The van der Waals surface area contributed by atoms with E-state index in [0.717, 1.165) is 5.56 Å². The zero-order chi connectivity index (χ0) is 13.0. The van der Waals surface area contributed by atoms with Crippen LogP contribution >= 0.6 is 0 Å². The zero-order valence-corrected chi connectivity index (χ0v) is 10.1. The highest BCUT2D eigenvalue weighted by Crippen LogP contribution is 2.08. The first-order chi connectivity index (χ1) is 8.65. The van der Waals surface area contributed by atoms with Crippen molar-refractivity contribution in [3.05, 3.63) is 77.1 Å². The molecule has 1 nitrogen and oxygen atoms in total. The van der Waals surface area contributed by atoms with Gasteiger partial charge in [-0.1, -0.05) is 48.0 Å². The minimum absolute atomic E-state index is 0.199. The minimum atomic E-state index is -0.399. The van der Waals surface area contributed by atoms with E-state index < -0.39 is 5.82 Å². The molecule has 0 aromatic heterocycles. The van der Waals surface area contributed by atoms with Crippen LogP contribution in [0, 0.1) is 12.7 Å². The van der Waals surface area contributed by atoms with Crippen LogP contribution in [0.4, 0.5) is 4.39 Å². The van der Waals surface area contributed by atoms with E-state index >= 15 is 0 Å². The number of carbonyl (C=O) groups excluding carboxylic acids is 1. The molecule has 0 N–H and O–H groups in total. The SMILES string of the molecule is Cc1ccc(C=CC(=O)c2cccc(F)c2)cc1. The average Bonchev–Trinajstić information content (AvgIpc) is 2.38. The number of rotatable bonds is 3. The summed E-state index contributed by atoms with van der Waals surface area (Å²) in [7, 11) is 0. The molecule has 18 heavy (non-hydrogen) atoms. The summed E-state index contributed by atoms with van der Waals surface area (Å²) in [4.78, 5) is 11.8. The molecule has 0 aliphatic carbocycles. The Balaban J connectivity index is 2.14. The molecule has 2 rings (SSSR count). The van der Waals surface area contributed by atoms with E-state index in [0.29, 0.717) is 5.56 Å². The number of benzene rings is 2. The van der Waals surface area contributed by atoms with Gasteiger partial charge in [-0.25, -0.2) is 4.39 Å². The third-order valence-corrected chi connectivity index (χ3v) is 2.61. The molecule has 2 aromatic rings. The van der Waals surface area contributed by atoms with Gasteiger partial charge < -0.3 is 0 Å². The largest absolute Gasteiger partial charge is 0.289 e. The van der Waals surface area contributed by atoms with Gasteiger partial charge in [0.05, 0.1) is 0 Å². The molecule has 0 heterocycles. The van der Waals surface area contributed by atoms with Crippen molar-refractivity contribution in [3.8, 4) is 0 Å². The molecule has 0 amide bonds. The van der Waals surface area contributed by atoms with Gasteiger partial charge in [-0.05, 0) is 30.7 Å². The minimum Gasteiger partial charge on any atom is -0.289 e. The summed E-state index contributed by atoms with van der Waals surface area (Å²) in [5, 5.41) is 0. The molecule has 2 aromatic carbocycles. The first-order valence-electron chi connectivity index (χ1n) is 5.70. The van der Waals surface area contributed by atoms with Crippen LogP contribution in [0.5, 0.6) is 0 Å². The summed E-state index contributed by atoms with van der Waals surface area (Å²) in [5.41, 5.74) is 2.48. The number of allylic oxidation sites excluding steroid dienone is 1. The molecule has 0 saturated carbocycles. The van der Waals surface area contributed by atoms with E-state index in [4.69, 9.17) is 0 Å². The highest BCUT2D eigenvalue weighted by Gasteiger charge is 2.02. The third-order valence-electron chi connectivity index (χ3n) is 2.61. The Bertz CT molecular complexity index is 582. The van der Waals surface area contributed by atoms with E-state index in [1.165, 1.54) is 29.8 Å². The Hall–Kier alpha value is -2.22. The maximum absolute atomic E-state index is 13.0. The number of ketones is 1. The highest BCUT2D eigenvalue weighted by molar-refractivity contribution is 6.06. The predicted molar refractivity (Wildman–Crippen MR) is 70.9 cm³/mol. The van der Waals surface area contributed by atoms with E-state index in [2.05, 4.69) is 0 Å². The zero-order valence-electron chi connectivity index (χ0n) is 10.1. The van der Waals surface area contributed by atoms with Crippen LogP contribution in [-0.2, 0) is 0 Å². The second kappa shape index (κ2) is 5.41. The maximum atomic E-state index is 13.0. The Kier molecular flexibility index (Phi) is 3.68. The normalized spacial score (nSPS) is 10.8. The maximum Gasteiger partial charge on any atom is 0.185 e. The summed E-state index contributed by atoms with van der Waals surface area (Å²) in [5.74, 6) is -0.598. The molecule has 0 spiro atoms. The number of hydrogen-bond acceptors (Lipinski definition) is 1. The molecule has 0 fully saturated rings. The number of aryl methyl sites for hydroxylation is 1. The molecule has 0 aliphatic heterocycles. The van der Waals surface area contributed by atoms with Crippen LogP contribution in [0.2, 0.25) is 0 Å². The van der Waals surface area contributed by atoms with Crippen molar-refractivity contribution in [1.82, 2.24) is 0 Å². The van der Waals surface area contributed by atoms with Gasteiger partial charge in [-0.2, -0.15) is 0 Å². The molecule has 0 bridgehead atoms. The topological polar surface area (TPSA) is 17.1 Å². The summed E-state index contributed by atoms with van der Waals surface area (Å²) in [6.07, 6.45) is 3.19. The molecule has 0 radical (unpaired) electrons. The first kappa shape index (κ1) is 12.2. The van der Waals surface area contributed by atoms with Crippen LogP contribution in [-0.4, -0.2) is 5.78 Å². The van der Waals surface area contributed by atoms with Gasteiger partial charge in [-0.3, -0.25) is 4.79 Å². The second-order valence-electron chi connectivity index (χ2n) is 4.12. The lowest BCUT2D eigenvalue weighted by Gasteiger charge is -1.97. The van der Waals surface area contributed by atoms with Gasteiger partial charge in [0.2, 0.25) is 0 Å². The van der Waals surface area contributed by atoms with Gasteiger partial charge in [0.25, 0.3) is 0 Å². The standard InChI is InChI=1S/C16H13FO/c1-12-5-7-13(8-6-12)9-10-16(18)14-3-2-4-15(17)11-14/h2-11H,1H3. The molecular weight excluding hydrogens is 227 g/mol. The summed E-state index contributed by atoms with van der Waals surface area (Å²) >= 11 is 0. The Morgan fingerprint density at radius 1 is 1.11 bits per heavy atom. The van der Waals surface area contributed by atoms with E-state index in [9.17, 15) is 9.18 Å². The first-order valence-corrected chi connectivity index (χ1v) is 5.70. The summed E-state index contributed by atoms with van der Waals surface area (Å²) in [6.45, 7) is 2.01. The van der Waals surface area contributed by atoms with Crippen molar-refractivity contribution in [2.24, 2.45) is 0 Å². The van der Waals surface area contributed by atoms with Gasteiger partial charge in [-0.15, -0.1) is 0 Å². The van der Waals surface area contributed by atoms with Crippen LogP contribution in [0.3, 0.4) is 0 Å². The fraction of sp³-hybridized carbons (Fsp3) is 0.0625. The smallest absolute Gasteiger partial charge is 0.185 e. The molecule has 0 saturated heterocycles. The number of carbonyl (C=O) groups is 1. The molecule has 0 atom stereocenters. The number of hydrogen-bond donors (Lipinski definition) is 0. The van der Waals surface area contributed by atoms with Crippen molar-refractivity contribution in [3.63, 3.8) is 0 Å². The summed E-state index contributed by atoms with van der Waals surface area (Å²) in [6, 6.07) is 13.5. The van der Waals surface area contributed by atoms with Crippen LogP contribution in [0.25, 0.3) is 6.08 Å². The van der Waals surface area contributed by atoms with Crippen molar-refractivity contribution >= 4 is 11.9 Å². The Morgan fingerprint density at radius 2 is 1.83 bits per heavy atom. The van der Waals surface area contributed by atoms with Gasteiger partial charge in [0.15, 0.2) is 5.78 Å². The molecule has 2 heteroatoms. The van der Waals surface area contributed by atoms with E-state index in [1.54, 1.807) is 12.1 Å². The number of halogens is 1. The molecule has 0 aliphatic rings. The van der Waals surface area contributed by atoms with Crippen molar-refractivity contribution in [1.29, 1.82) is 0 Å². The van der Waals surface area contributed by atoms with Gasteiger partial charge in [0.1, 0.15) is 5.82 Å². The van der Waals surface area contributed by atoms with Gasteiger partial charge >= 0.3 is 0 Å². The lowest BCUT2D eigenvalue weighted by atomic mass is 10.1. The van der Waals surface area contributed by atoms with Crippen LogP contribution < -0.4 is 0 Å². The fourth-order valence-electron chi connectivity index (χ4n) is 1.59. The Morgan fingerprint density at radius 3 is 2.50 bits per heavy atom. The van der Waals surface area contributed by atoms with Crippen molar-refractivity contribution in [2.45, 2.75) is 6.92 Å². The van der Waals surface area contributed by atoms with Gasteiger partial charge in [0, 0.05) is 5.56 Å². The molecule has 0 unspecified atom stereocenters. The highest BCUT2D eigenvalue weighted by atomic mass is 19.1. The van der Waals surface area contributed by atoms with Crippen LogP contribution in [0.1, 0.15) is 21.5 Å². The fourth-order valence-corrected chi connectivity index (χ4v) is 1.59. The average molecular weight is 240 g/mol. The summed E-state index contributed by atoms with van der Waals surface area (Å²) < 4.78 is 13.0. The van der Waals surface area contributed by atoms with E-state index in [-0.39, 0.29) is 5.78 Å². The Labute approximate surface area is 106 Å². The lowest BCUT2D eigenvalue weighted by Crippen LogP contribution is -1.94. The monoisotopic (exact) mass is 240 g/mol. The predicted octanol–water partition coefficient (Wildman–Crippen LogP) is 4.03. The molecular formula is C16H13FO. The molecule has 90 valence electrons. The van der Waals surface area contributed by atoms with Crippen molar-refractivity contribution in [2.75, 3.05) is 0 Å². The second-order valence-corrected chi connectivity index (χ2v) is 4.12. The lowest BCUT2D eigenvalue weighted by molar-refractivity contribution is 0.104. The quantitative estimate of drug-likeness (QED) is 0.584. The van der Waals surface area contributed by atoms with Crippen LogP contribution in [0.15, 0.2) is 54.6 Å².